The molecular weight excluding hydrogens is 402 g/mol. The lowest BCUT2D eigenvalue weighted by atomic mass is 10.1. The molecule has 7 nitrogen and oxygen atoms in total. The molecule has 30 heavy (non-hydrogen) atoms. The van der Waals surface area contributed by atoms with E-state index in [1.165, 1.54) is 13.2 Å². The van der Waals surface area contributed by atoms with Crippen molar-refractivity contribution in [3.05, 3.63) is 75.7 Å². The number of hydrogen-bond acceptors (Lipinski definition) is 6. The molecule has 2 aromatic carbocycles. The van der Waals surface area contributed by atoms with Gasteiger partial charge in [-0.3, -0.25) is 9.59 Å². The largest absolute Gasteiger partial charge is 0.465 e. The quantitative estimate of drug-likeness (QED) is 0.420. The summed E-state index contributed by atoms with van der Waals surface area (Å²) in [4.78, 5) is 38.1. The third kappa shape index (κ3) is 4.49. The minimum absolute atomic E-state index is 0.147. The first kappa shape index (κ1) is 21.1. The van der Waals surface area contributed by atoms with Gasteiger partial charge < -0.3 is 21.1 Å². The summed E-state index contributed by atoms with van der Waals surface area (Å²) in [6.45, 7) is 3.56. The maximum atomic E-state index is 12.8. The van der Waals surface area contributed by atoms with Crippen molar-refractivity contribution in [1.29, 1.82) is 0 Å². The Balaban J connectivity index is 1.94. The van der Waals surface area contributed by atoms with Gasteiger partial charge in [0.25, 0.3) is 11.8 Å². The van der Waals surface area contributed by atoms with Gasteiger partial charge in [-0.25, -0.2) is 4.79 Å². The minimum atomic E-state index is -0.638. The summed E-state index contributed by atoms with van der Waals surface area (Å²) in [5.41, 5.74) is 8.73. The highest BCUT2D eigenvalue weighted by Crippen LogP contribution is 2.34. The highest BCUT2D eigenvalue weighted by Gasteiger charge is 2.26. The number of hydrogen-bond donors (Lipinski definition) is 3. The van der Waals surface area contributed by atoms with E-state index in [4.69, 9.17) is 10.5 Å². The lowest BCUT2D eigenvalue weighted by molar-refractivity contribution is 0.0601. The summed E-state index contributed by atoms with van der Waals surface area (Å²) in [6.07, 6.45) is 0. The lowest BCUT2D eigenvalue weighted by Crippen LogP contribution is -2.14. The first-order valence-corrected chi connectivity index (χ1v) is 9.88. The summed E-state index contributed by atoms with van der Waals surface area (Å²) in [5, 5.41) is 5.76. The van der Waals surface area contributed by atoms with Crippen molar-refractivity contribution in [1.82, 2.24) is 0 Å². The molecule has 0 saturated heterocycles. The fourth-order valence-corrected chi connectivity index (χ4v) is 4.02. The highest BCUT2D eigenvalue weighted by atomic mass is 32.1. The molecule has 4 N–H and O–H groups in total. The monoisotopic (exact) mass is 423 g/mol. The Morgan fingerprint density at radius 3 is 2.37 bits per heavy atom. The molecule has 0 aliphatic carbocycles. The number of methoxy groups -OCH3 is 1. The topological polar surface area (TPSA) is 111 Å². The molecule has 0 fully saturated rings. The number of benzene rings is 2. The van der Waals surface area contributed by atoms with Crippen LogP contribution < -0.4 is 16.4 Å². The summed E-state index contributed by atoms with van der Waals surface area (Å²) in [7, 11) is 1.25. The Morgan fingerprint density at radius 1 is 0.967 bits per heavy atom. The number of amides is 2. The number of carbonyl (C=O) groups excluding carboxylic acids is 3. The van der Waals surface area contributed by atoms with Gasteiger partial charge in [0.1, 0.15) is 5.00 Å². The molecule has 0 saturated carbocycles. The number of aryl methyl sites for hydroxylation is 1. The van der Waals surface area contributed by atoms with E-state index in [9.17, 15) is 14.4 Å². The van der Waals surface area contributed by atoms with Gasteiger partial charge in [0, 0.05) is 16.9 Å². The third-order valence-corrected chi connectivity index (χ3v) is 5.60. The molecule has 3 aromatic rings. The Morgan fingerprint density at radius 2 is 1.70 bits per heavy atom. The number of nitrogens with one attached hydrogen (secondary N) is 2. The second-order valence-electron chi connectivity index (χ2n) is 6.66. The van der Waals surface area contributed by atoms with Crippen molar-refractivity contribution in [3.63, 3.8) is 0 Å². The van der Waals surface area contributed by atoms with Crippen molar-refractivity contribution in [2.24, 2.45) is 0 Å². The molecule has 0 bridgehead atoms. The van der Waals surface area contributed by atoms with E-state index >= 15 is 0 Å². The summed E-state index contributed by atoms with van der Waals surface area (Å²) in [6, 6.07) is 13.8. The molecule has 1 heterocycles. The Hall–Kier alpha value is -3.65. The van der Waals surface area contributed by atoms with E-state index in [-0.39, 0.29) is 16.5 Å². The number of nitrogen functional groups attached to an aromatic ring is 1. The minimum Gasteiger partial charge on any atom is -0.465 e. The van der Waals surface area contributed by atoms with Gasteiger partial charge >= 0.3 is 5.97 Å². The number of rotatable bonds is 5. The van der Waals surface area contributed by atoms with E-state index < -0.39 is 11.9 Å². The molecule has 0 aliphatic rings. The van der Waals surface area contributed by atoms with Crippen LogP contribution in [-0.2, 0) is 4.74 Å². The van der Waals surface area contributed by atoms with Crippen LogP contribution in [0.5, 0.6) is 0 Å². The standard InChI is InChI=1S/C22H21N3O4S/c1-12-6-4-9-16(10-12)24-20(27)18-13(2)17(22(28)29-3)21(30-18)25-19(26)14-7-5-8-15(23)11-14/h4-11H,23H2,1-3H3,(H,24,27)(H,25,26). The average Bonchev–Trinajstić information content (AvgIpc) is 3.03. The van der Waals surface area contributed by atoms with Crippen LogP contribution in [0.4, 0.5) is 16.4 Å². The predicted molar refractivity (Wildman–Crippen MR) is 118 cm³/mol. The first-order valence-electron chi connectivity index (χ1n) is 9.06. The molecular formula is C22H21N3O4S. The number of carbonyl (C=O) groups is 3. The van der Waals surface area contributed by atoms with Gasteiger partial charge in [-0.15, -0.1) is 11.3 Å². The summed E-state index contributed by atoms with van der Waals surface area (Å²) < 4.78 is 4.86. The fourth-order valence-electron chi connectivity index (χ4n) is 2.93. The van der Waals surface area contributed by atoms with Crippen molar-refractivity contribution in [3.8, 4) is 0 Å². The fraction of sp³-hybridized carbons (Fsp3) is 0.136. The van der Waals surface area contributed by atoms with Crippen molar-refractivity contribution < 1.29 is 19.1 Å². The van der Waals surface area contributed by atoms with Crippen LogP contribution in [0.3, 0.4) is 0 Å². The van der Waals surface area contributed by atoms with Crippen LogP contribution in [0.15, 0.2) is 48.5 Å². The maximum Gasteiger partial charge on any atom is 0.341 e. The van der Waals surface area contributed by atoms with Gasteiger partial charge in [-0.1, -0.05) is 18.2 Å². The number of thiophene rings is 1. The second kappa shape index (κ2) is 8.79. The van der Waals surface area contributed by atoms with E-state index in [1.54, 1.807) is 31.2 Å². The molecule has 8 heteroatoms. The Bertz CT molecular complexity index is 1140. The van der Waals surface area contributed by atoms with Gasteiger partial charge in [0.15, 0.2) is 0 Å². The zero-order valence-electron chi connectivity index (χ0n) is 16.7. The van der Waals surface area contributed by atoms with Gasteiger partial charge in [-0.05, 0) is 55.3 Å². The zero-order chi connectivity index (χ0) is 21.8. The van der Waals surface area contributed by atoms with Crippen LogP contribution >= 0.6 is 11.3 Å². The van der Waals surface area contributed by atoms with Crippen LogP contribution in [-0.4, -0.2) is 24.9 Å². The van der Waals surface area contributed by atoms with E-state index in [1.807, 2.05) is 25.1 Å². The molecule has 2 amide bonds. The van der Waals surface area contributed by atoms with Crippen LogP contribution in [0, 0.1) is 13.8 Å². The van der Waals surface area contributed by atoms with Gasteiger partial charge in [0.2, 0.25) is 0 Å². The highest BCUT2D eigenvalue weighted by molar-refractivity contribution is 7.19. The number of esters is 1. The summed E-state index contributed by atoms with van der Waals surface area (Å²) >= 11 is 1.01. The predicted octanol–water partition coefficient (Wildman–Crippen LogP) is 4.24. The normalized spacial score (nSPS) is 10.4. The van der Waals surface area contributed by atoms with E-state index in [0.717, 1.165) is 16.9 Å². The van der Waals surface area contributed by atoms with Crippen LogP contribution in [0.25, 0.3) is 0 Å². The molecule has 0 spiro atoms. The number of ether oxygens (including phenoxy) is 1. The van der Waals surface area contributed by atoms with Crippen molar-refractivity contribution in [2.75, 3.05) is 23.5 Å². The van der Waals surface area contributed by atoms with Crippen molar-refractivity contribution in [2.45, 2.75) is 13.8 Å². The first-order chi connectivity index (χ1) is 14.3. The molecule has 0 aliphatic heterocycles. The van der Waals surface area contributed by atoms with Crippen molar-refractivity contribution >= 4 is 45.5 Å². The molecule has 154 valence electrons. The Labute approximate surface area is 177 Å². The number of anilines is 3. The maximum absolute atomic E-state index is 12.8. The Kier molecular flexibility index (Phi) is 6.17. The molecule has 1 aromatic heterocycles. The summed E-state index contributed by atoms with van der Waals surface area (Å²) in [5.74, 6) is -1.46. The third-order valence-electron chi connectivity index (χ3n) is 4.39. The van der Waals surface area contributed by atoms with Gasteiger partial charge in [-0.2, -0.15) is 0 Å². The molecule has 0 atom stereocenters. The zero-order valence-corrected chi connectivity index (χ0v) is 17.6. The molecule has 3 rings (SSSR count). The van der Waals surface area contributed by atoms with Gasteiger partial charge in [0.05, 0.1) is 17.6 Å². The molecule has 0 unspecified atom stereocenters. The second-order valence-corrected chi connectivity index (χ2v) is 7.68. The van der Waals surface area contributed by atoms with Crippen LogP contribution in [0.1, 0.15) is 41.5 Å². The van der Waals surface area contributed by atoms with Crippen LogP contribution in [0.2, 0.25) is 0 Å². The van der Waals surface area contributed by atoms with E-state index in [0.29, 0.717) is 27.4 Å². The lowest BCUT2D eigenvalue weighted by Gasteiger charge is -2.06. The SMILES string of the molecule is COC(=O)c1c(NC(=O)c2cccc(N)c2)sc(C(=O)Nc2cccc(C)c2)c1C. The smallest absolute Gasteiger partial charge is 0.341 e. The van der Waals surface area contributed by atoms with E-state index in [2.05, 4.69) is 10.6 Å². The molecule has 0 radical (unpaired) electrons. The number of nitrogens with two attached hydrogens (primary N) is 1. The average molecular weight is 423 g/mol.